The van der Waals surface area contributed by atoms with Gasteiger partial charge in [-0.1, -0.05) is 37.5 Å². The number of amides is 1. The summed E-state index contributed by atoms with van der Waals surface area (Å²) in [4.78, 5) is 12.9. The van der Waals surface area contributed by atoms with Crippen LogP contribution in [0.3, 0.4) is 0 Å². The van der Waals surface area contributed by atoms with E-state index in [1.807, 2.05) is 19.1 Å². The highest BCUT2D eigenvalue weighted by atomic mass is 32.2. The van der Waals surface area contributed by atoms with Gasteiger partial charge in [-0.25, -0.2) is 8.42 Å². The van der Waals surface area contributed by atoms with Crippen LogP contribution in [0.25, 0.3) is 0 Å². The minimum absolute atomic E-state index is 0.0754. The Morgan fingerprint density at radius 2 is 1.65 bits per heavy atom. The molecule has 1 saturated carbocycles. The number of carbonyl (C=O) groups excluding carboxylic acids is 1. The van der Waals surface area contributed by atoms with Crippen molar-refractivity contribution in [3.63, 3.8) is 0 Å². The maximum absolute atomic E-state index is 12.8. The molecule has 1 aromatic rings. The number of rotatable bonds is 4. The van der Waals surface area contributed by atoms with E-state index in [0.29, 0.717) is 36.7 Å². The highest BCUT2D eigenvalue weighted by Gasteiger charge is 2.33. The Kier molecular flexibility index (Phi) is 6.03. The fraction of sp³-hybridized carbons (Fsp3) is 0.650. The predicted octanol–water partition coefficient (Wildman–Crippen LogP) is 3.09. The van der Waals surface area contributed by atoms with E-state index in [-0.39, 0.29) is 17.9 Å². The van der Waals surface area contributed by atoms with Gasteiger partial charge in [0.2, 0.25) is 15.9 Å². The van der Waals surface area contributed by atoms with Crippen LogP contribution in [0.2, 0.25) is 0 Å². The van der Waals surface area contributed by atoms with Crippen LogP contribution >= 0.6 is 0 Å². The molecule has 1 aliphatic heterocycles. The molecule has 3 rings (SSSR count). The van der Waals surface area contributed by atoms with Gasteiger partial charge in [0.05, 0.1) is 4.90 Å². The van der Waals surface area contributed by atoms with Crippen LogP contribution in [0, 0.1) is 18.8 Å². The molecule has 1 heterocycles. The van der Waals surface area contributed by atoms with Gasteiger partial charge >= 0.3 is 0 Å². The van der Waals surface area contributed by atoms with E-state index in [1.165, 1.54) is 23.6 Å². The van der Waals surface area contributed by atoms with Crippen molar-refractivity contribution in [1.82, 2.24) is 9.62 Å². The van der Waals surface area contributed by atoms with Gasteiger partial charge in [0.15, 0.2) is 0 Å². The van der Waals surface area contributed by atoms with E-state index in [1.54, 1.807) is 12.1 Å². The van der Waals surface area contributed by atoms with Crippen molar-refractivity contribution >= 4 is 15.9 Å². The molecule has 2 aliphatic rings. The highest BCUT2D eigenvalue weighted by Crippen LogP contribution is 2.27. The minimum Gasteiger partial charge on any atom is -0.353 e. The maximum atomic E-state index is 12.8. The van der Waals surface area contributed by atoms with Crippen molar-refractivity contribution in [1.29, 1.82) is 0 Å². The zero-order valence-electron chi connectivity index (χ0n) is 15.8. The lowest BCUT2D eigenvalue weighted by atomic mass is 9.85. The molecule has 1 aromatic carbocycles. The molecule has 0 unspecified atom stereocenters. The van der Waals surface area contributed by atoms with Gasteiger partial charge in [-0.15, -0.1) is 0 Å². The average Bonchev–Trinajstić information content (AvgIpc) is 2.64. The van der Waals surface area contributed by atoms with Crippen LogP contribution in [0.5, 0.6) is 0 Å². The molecule has 144 valence electrons. The first-order valence-corrected chi connectivity index (χ1v) is 11.2. The molecule has 5 nitrogen and oxygen atoms in total. The molecule has 6 heteroatoms. The molecule has 0 aromatic heterocycles. The Balaban J connectivity index is 1.56. The Bertz CT molecular complexity index is 722. The first-order chi connectivity index (χ1) is 12.4. The van der Waals surface area contributed by atoms with Crippen LogP contribution < -0.4 is 5.32 Å². The topological polar surface area (TPSA) is 66.5 Å². The molecule has 0 bridgehead atoms. The lowest BCUT2D eigenvalue weighted by Gasteiger charge is -2.34. The first-order valence-electron chi connectivity index (χ1n) is 9.75. The predicted molar refractivity (Wildman–Crippen MR) is 102 cm³/mol. The molecular formula is C20H30N2O3S. The van der Waals surface area contributed by atoms with Crippen molar-refractivity contribution in [3.05, 3.63) is 29.8 Å². The Morgan fingerprint density at radius 1 is 1.04 bits per heavy atom. The van der Waals surface area contributed by atoms with E-state index in [9.17, 15) is 13.2 Å². The number of hydrogen-bond donors (Lipinski definition) is 1. The number of sulfonamides is 1. The van der Waals surface area contributed by atoms with Crippen LogP contribution in [-0.4, -0.2) is 37.8 Å². The summed E-state index contributed by atoms with van der Waals surface area (Å²) in [5, 5.41) is 3.22. The third-order valence-electron chi connectivity index (χ3n) is 5.92. The van der Waals surface area contributed by atoms with Crippen molar-refractivity contribution in [3.8, 4) is 0 Å². The Morgan fingerprint density at radius 3 is 2.27 bits per heavy atom. The summed E-state index contributed by atoms with van der Waals surface area (Å²) < 4.78 is 27.0. The normalized spacial score (nSPS) is 25.8. The second-order valence-corrected chi connectivity index (χ2v) is 9.81. The van der Waals surface area contributed by atoms with Gasteiger partial charge in [0.25, 0.3) is 0 Å². The van der Waals surface area contributed by atoms with Crippen LogP contribution in [0.15, 0.2) is 29.2 Å². The monoisotopic (exact) mass is 378 g/mol. The fourth-order valence-electron chi connectivity index (χ4n) is 4.05. The van der Waals surface area contributed by atoms with Crippen molar-refractivity contribution in [2.75, 3.05) is 13.1 Å². The van der Waals surface area contributed by atoms with Crippen LogP contribution in [-0.2, 0) is 14.8 Å². The fourth-order valence-corrected chi connectivity index (χ4v) is 5.52. The number of nitrogens with one attached hydrogen (secondary N) is 1. The number of nitrogens with zero attached hydrogens (tertiary/aromatic N) is 1. The highest BCUT2D eigenvalue weighted by molar-refractivity contribution is 7.89. The summed E-state index contributed by atoms with van der Waals surface area (Å²) in [5.41, 5.74) is 1.04. The molecule has 1 amide bonds. The van der Waals surface area contributed by atoms with Crippen molar-refractivity contribution in [2.24, 2.45) is 11.8 Å². The average molecular weight is 379 g/mol. The lowest BCUT2D eigenvalue weighted by Crippen LogP contribution is -2.47. The number of hydrogen-bond acceptors (Lipinski definition) is 3. The summed E-state index contributed by atoms with van der Waals surface area (Å²) in [6, 6.07) is 7.24. The SMILES string of the molecule is Cc1ccc(S(=O)(=O)N2CCC(C(=O)N[C@@H]3CCCC[C@H]3C)CC2)cc1. The number of carbonyl (C=O) groups is 1. The van der Waals surface area contributed by atoms with Crippen molar-refractivity contribution < 1.29 is 13.2 Å². The third-order valence-corrected chi connectivity index (χ3v) is 7.84. The van der Waals surface area contributed by atoms with Crippen molar-refractivity contribution in [2.45, 2.75) is 63.3 Å². The van der Waals surface area contributed by atoms with Gasteiger partial charge in [-0.2, -0.15) is 4.31 Å². The standard InChI is InChI=1S/C20H30N2O3S/c1-15-7-9-18(10-8-15)26(24,25)22-13-11-17(12-14-22)20(23)21-19-6-4-3-5-16(19)2/h7-10,16-17,19H,3-6,11-14H2,1-2H3,(H,21,23)/t16-,19-/m1/s1. The van der Waals surface area contributed by atoms with E-state index < -0.39 is 10.0 Å². The zero-order chi connectivity index (χ0) is 18.7. The van der Waals surface area contributed by atoms with Gasteiger partial charge in [-0.3, -0.25) is 4.79 Å². The molecular weight excluding hydrogens is 348 g/mol. The molecule has 1 N–H and O–H groups in total. The largest absolute Gasteiger partial charge is 0.353 e. The van der Waals surface area contributed by atoms with E-state index in [0.717, 1.165) is 12.0 Å². The minimum atomic E-state index is -3.46. The Hall–Kier alpha value is -1.40. The quantitative estimate of drug-likeness (QED) is 0.875. The van der Waals surface area contributed by atoms with E-state index in [2.05, 4.69) is 12.2 Å². The molecule has 0 spiro atoms. The Labute approximate surface area is 157 Å². The molecule has 1 saturated heterocycles. The number of aryl methyl sites for hydroxylation is 1. The molecule has 26 heavy (non-hydrogen) atoms. The van der Waals surface area contributed by atoms with Gasteiger partial charge in [0.1, 0.15) is 0 Å². The zero-order valence-corrected chi connectivity index (χ0v) is 16.6. The molecule has 2 atom stereocenters. The summed E-state index contributed by atoms with van der Waals surface area (Å²) in [5.74, 6) is 0.569. The molecule has 0 radical (unpaired) electrons. The van der Waals surface area contributed by atoms with Gasteiger partial charge < -0.3 is 5.32 Å². The van der Waals surface area contributed by atoms with Gasteiger partial charge in [-0.05, 0) is 50.7 Å². The molecule has 1 aliphatic carbocycles. The second-order valence-electron chi connectivity index (χ2n) is 7.87. The number of piperidine rings is 1. The smallest absolute Gasteiger partial charge is 0.243 e. The van der Waals surface area contributed by atoms with E-state index >= 15 is 0 Å². The van der Waals surface area contributed by atoms with E-state index in [4.69, 9.17) is 0 Å². The van der Waals surface area contributed by atoms with Crippen LogP contribution in [0.1, 0.15) is 51.0 Å². The van der Waals surface area contributed by atoms with Gasteiger partial charge in [0, 0.05) is 25.0 Å². The summed E-state index contributed by atoms with van der Waals surface area (Å²) in [6.45, 7) is 4.97. The summed E-state index contributed by atoms with van der Waals surface area (Å²) in [7, 11) is -3.46. The third kappa shape index (κ3) is 4.29. The van der Waals surface area contributed by atoms with Crippen LogP contribution in [0.4, 0.5) is 0 Å². The summed E-state index contributed by atoms with van der Waals surface area (Å²) >= 11 is 0. The first kappa shape index (κ1) is 19.4. The second kappa shape index (κ2) is 8.09. The molecule has 2 fully saturated rings. The maximum Gasteiger partial charge on any atom is 0.243 e. The summed E-state index contributed by atoms with van der Waals surface area (Å²) in [6.07, 6.45) is 5.87. The number of benzene rings is 1. The lowest BCUT2D eigenvalue weighted by molar-refractivity contribution is -0.127.